The van der Waals surface area contributed by atoms with E-state index in [4.69, 9.17) is 9.47 Å². The fourth-order valence-electron chi connectivity index (χ4n) is 2.04. The SMILES string of the molecule is CCCCOc1ccc(CC(=O)OCc2ccccc2)c(Br)c1. The van der Waals surface area contributed by atoms with Crippen molar-refractivity contribution >= 4 is 21.9 Å². The molecule has 0 spiro atoms. The average Bonchev–Trinajstić information content (AvgIpc) is 2.57. The fourth-order valence-corrected chi connectivity index (χ4v) is 2.54. The molecule has 2 aromatic carbocycles. The van der Waals surface area contributed by atoms with Crippen LogP contribution < -0.4 is 4.74 Å². The molecule has 0 saturated heterocycles. The maximum atomic E-state index is 12.0. The number of carbonyl (C=O) groups is 1. The summed E-state index contributed by atoms with van der Waals surface area (Å²) in [5.41, 5.74) is 1.88. The number of halogens is 1. The van der Waals surface area contributed by atoms with Gasteiger partial charge >= 0.3 is 5.97 Å². The third kappa shape index (κ3) is 6.06. The molecule has 0 unspecified atom stereocenters. The summed E-state index contributed by atoms with van der Waals surface area (Å²) < 4.78 is 11.8. The molecular weight excluding hydrogens is 356 g/mol. The second-order valence-corrected chi connectivity index (χ2v) is 6.13. The Labute approximate surface area is 145 Å². The number of unbranched alkanes of at least 4 members (excludes halogenated alkanes) is 1. The molecule has 0 aromatic heterocycles. The topological polar surface area (TPSA) is 35.5 Å². The van der Waals surface area contributed by atoms with Gasteiger partial charge in [-0.3, -0.25) is 4.79 Å². The summed E-state index contributed by atoms with van der Waals surface area (Å²) in [5, 5.41) is 0. The van der Waals surface area contributed by atoms with E-state index < -0.39 is 0 Å². The van der Waals surface area contributed by atoms with Crippen LogP contribution in [0.25, 0.3) is 0 Å². The highest BCUT2D eigenvalue weighted by molar-refractivity contribution is 9.10. The van der Waals surface area contributed by atoms with Crippen LogP contribution in [0.2, 0.25) is 0 Å². The van der Waals surface area contributed by atoms with E-state index in [0.717, 1.165) is 34.2 Å². The predicted molar refractivity (Wildman–Crippen MR) is 94.5 cm³/mol. The molecule has 0 amide bonds. The maximum absolute atomic E-state index is 12.0. The Bertz CT molecular complexity index is 626. The van der Waals surface area contributed by atoms with Crippen molar-refractivity contribution in [1.29, 1.82) is 0 Å². The Morgan fingerprint density at radius 1 is 1.13 bits per heavy atom. The van der Waals surface area contributed by atoms with E-state index in [9.17, 15) is 4.79 Å². The molecule has 0 aliphatic heterocycles. The summed E-state index contributed by atoms with van der Waals surface area (Å²) in [7, 11) is 0. The summed E-state index contributed by atoms with van der Waals surface area (Å²) in [4.78, 5) is 12.0. The predicted octanol–water partition coefficient (Wildman–Crippen LogP) is 4.91. The zero-order chi connectivity index (χ0) is 16.5. The Kier molecular flexibility index (Phi) is 7.14. The lowest BCUT2D eigenvalue weighted by Gasteiger charge is -2.09. The average molecular weight is 377 g/mol. The minimum Gasteiger partial charge on any atom is -0.494 e. The highest BCUT2D eigenvalue weighted by Gasteiger charge is 2.09. The summed E-state index contributed by atoms with van der Waals surface area (Å²) >= 11 is 3.49. The molecule has 122 valence electrons. The van der Waals surface area contributed by atoms with Crippen LogP contribution in [0.4, 0.5) is 0 Å². The van der Waals surface area contributed by atoms with Gasteiger partial charge in [0.1, 0.15) is 12.4 Å². The molecule has 0 bridgehead atoms. The van der Waals surface area contributed by atoms with E-state index in [1.807, 2.05) is 48.5 Å². The number of hydrogen-bond acceptors (Lipinski definition) is 3. The minimum absolute atomic E-state index is 0.239. The van der Waals surface area contributed by atoms with Crippen LogP contribution in [-0.4, -0.2) is 12.6 Å². The number of carbonyl (C=O) groups excluding carboxylic acids is 1. The van der Waals surface area contributed by atoms with Gasteiger partial charge in [0.15, 0.2) is 0 Å². The van der Waals surface area contributed by atoms with Crippen molar-refractivity contribution in [3.8, 4) is 5.75 Å². The number of rotatable bonds is 8. The van der Waals surface area contributed by atoms with E-state index in [1.165, 1.54) is 0 Å². The van der Waals surface area contributed by atoms with Gasteiger partial charge in [-0.1, -0.05) is 65.7 Å². The van der Waals surface area contributed by atoms with Gasteiger partial charge in [0, 0.05) is 4.47 Å². The van der Waals surface area contributed by atoms with Crippen molar-refractivity contribution < 1.29 is 14.3 Å². The molecule has 0 saturated carbocycles. The van der Waals surface area contributed by atoms with Crippen molar-refractivity contribution in [3.63, 3.8) is 0 Å². The van der Waals surface area contributed by atoms with Gasteiger partial charge in [0.2, 0.25) is 0 Å². The number of ether oxygens (including phenoxy) is 2. The Morgan fingerprint density at radius 2 is 1.91 bits per heavy atom. The second-order valence-electron chi connectivity index (χ2n) is 5.28. The van der Waals surface area contributed by atoms with Crippen LogP contribution in [0.15, 0.2) is 53.0 Å². The molecule has 2 rings (SSSR count). The van der Waals surface area contributed by atoms with Gasteiger partial charge in [0.25, 0.3) is 0 Å². The van der Waals surface area contributed by atoms with Gasteiger partial charge in [-0.05, 0) is 29.7 Å². The summed E-state index contributed by atoms with van der Waals surface area (Å²) in [5.74, 6) is 0.570. The van der Waals surface area contributed by atoms with E-state index in [0.29, 0.717) is 13.2 Å². The normalized spacial score (nSPS) is 10.3. The zero-order valence-electron chi connectivity index (χ0n) is 13.3. The maximum Gasteiger partial charge on any atom is 0.310 e. The molecule has 3 nitrogen and oxygen atoms in total. The lowest BCUT2D eigenvalue weighted by atomic mass is 10.1. The Balaban J connectivity index is 1.85. The van der Waals surface area contributed by atoms with Gasteiger partial charge in [-0.15, -0.1) is 0 Å². The molecular formula is C19H21BrO3. The number of esters is 1. The monoisotopic (exact) mass is 376 g/mol. The minimum atomic E-state index is -0.241. The summed E-state index contributed by atoms with van der Waals surface area (Å²) in [6.07, 6.45) is 2.38. The van der Waals surface area contributed by atoms with Crippen LogP contribution in [0, 0.1) is 0 Å². The second kappa shape index (κ2) is 9.36. The largest absolute Gasteiger partial charge is 0.494 e. The lowest BCUT2D eigenvalue weighted by molar-refractivity contribution is -0.144. The molecule has 0 aliphatic carbocycles. The van der Waals surface area contributed by atoms with Crippen molar-refractivity contribution in [3.05, 3.63) is 64.1 Å². The van der Waals surface area contributed by atoms with Crippen molar-refractivity contribution in [2.24, 2.45) is 0 Å². The third-order valence-electron chi connectivity index (χ3n) is 3.37. The Morgan fingerprint density at radius 3 is 2.61 bits per heavy atom. The van der Waals surface area contributed by atoms with E-state index >= 15 is 0 Å². The van der Waals surface area contributed by atoms with Gasteiger partial charge < -0.3 is 9.47 Å². The lowest BCUT2D eigenvalue weighted by Crippen LogP contribution is -2.08. The van der Waals surface area contributed by atoms with E-state index in [2.05, 4.69) is 22.9 Å². The highest BCUT2D eigenvalue weighted by atomic mass is 79.9. The zero-order valence-corrected chi connectivity index (χ0v) is 14.8. The van der Waals surface area contributed by atoms with Crippen LogP contribution >= 0.6 is 15.9 Å². The third-order valence-corrected chi connectivity index (χ3v) is 4.11. The number of benzene rings is 2. The highest BCUT2D eigenvalue weighted by Crippen LogP contribution is 2.24. The quantitative estimate of drug-likeness (QED) is 0.484. The molecule has 0 heterocycles. The van der Waals surface area contributed by atoms with Crippen molar-refractivity contribution in [2.45, 2.75) is 32.8 Å². The van der Waals surface area contributed by atoms with Gasteiger partial charge in [0.05, 0.1) is 13.0 Å². The van der Waals surface area contributed by atoms with Crippen molar-refractivity contribution in [1.82, 2.24) is 0 Å². The molecule has 0 radical (unpaired) electrons. The first kappa shape index (κ1) is 17.5. The number of hydrogen-bond donors (Lipinski definition) is 0. The molecule has 0 atom stereocenters. The van der Waals surface area contributed by atoms with Gasteiger partial charge in [-0.25, -0.2) is 0 Å². The standard InChI is InChI=1S/C19H21BrO3/c1-2-3-11-22-17-10-9-16(18(20)13-17)12-19(21)23-14-15-7-5-4-6-8-15/h4-10,13H,2-3,11-12,14H2,1H3. The molecule has 23 heavy (non-hydrogen) atoms. The molecule has 0 fully saturated rings. The summed E-state index contributed by atoms with van der Waals surface area (Å²) in [6.45, 7) is 3.14. The van der Waals surface area contributed by atoms with Crippen LogP contribution in [-0.2, 0) is 22.6 Å². The van der Waals surface area contributed by atoms with Crippen LogP contribution in [0.1, 0.15) is 30.9 Å². The molecule has 0 aliphatic rings. The van der Waals surface area contributed by atoms with Crippen LogP contribution in [0.5, 0.6) is 5.75 Å². The van der Waals surface area contributed by atoms with E-state index in [1.54, 1.807) is 0 Å². The first-order valence-electron chi connectivity index (χ1n) is 7.80. The Hall–Kier alpha value is -1.81. The summed E-state index contributed by atoms with van der Waals surface area (Å²) in [6, 6.07) is 15.3. The van der Waals surface area contributed by atoms with E-state index in [-0.39, 0.29) is 12.4 Å². The molecule has 4 heteroatoms. The first-order chi connectivity index (χ1) is 11.2. The van der Waals surface area contributed by atoms with Crippen LogP contribution in [0.3, 0.4) is 0 Å². The molecule has 2 aromatic rings. The van der Waals surface area contributed by atoms with Gasteiger partial charge in [-0.2, -0.15) is 0 Å². The molecule has 0 N–H and O–H groups in total. The smallest absolute Gasteiger partial charge is 0.310 e. The fraction of sp³-hybridized carbons (Fsp3) is 0.316. The van der Waals surface area contributed by atoms with Crippen molar-refractivity contribution in [2.75, 3.05) is 6.61 Å². The first-order valence-corrected chi connectivity index (χ1v) is 8.59.